The van der Waals surface area contributed by atoms with Gasteiger partial charge in [0.25, 0.3) is 0 Å². The molecule has 0 atom stereocenters. The van der Waals surface area contributed by atoms with E-state index in [1.807, 2.05) is 0 Å². The van der Waals surface area contributed by atoms with E-state index in [2.05, 4.69) is 37.3 Å². The summed E-state index contributed by atoms with van der Waals surface area (Å²) >= 11 is -0.569. The molecule has 0 spiro atoms. The molecule has 2 aliphatic rings. The molecule has 0 bridgehead atoms. The molecule has 0 aliphatic heterocycles. The van der Waals surface area contributed by atoms with Crippen molar-refractivity contribution in [1.82, 2.24) is 0 Å². The van der Waals surface area contributed by atoms with Gasteiger partial charge in [-0.15, -0.1) is 0 Å². The van der Waals surface area contributed by atoms with Crippen molar-refractivity contribution < 1.29 is 22.9 Å². The molecule has 0 heterocycles. The fraction of sp³-hybridized carbons (Fsp3) is 0.273. The Labute approximate surface area is 85.1 Å². The van der Waals surface area contributed by atoms with Crippen molar-refractivity contribution in [1.29, 1.82) is 0 Å². The van der Waals surface area contributed by atoms with Crippen molar-refractivity contribution in [2.45, 2.75) is 19.8 Å². The van der Waals surface area contributed by atoms with Gasteiger partial charge in [0.15, 0.2) is 0 Å². The van der Waals surface area contributed by atoms with Crippen LogP contribution >= 0.6 is 0 Å². The van der Waals surface area contributed by atoms with Crippen LogP contribution in [0.3, 0.4) is 0 Å². The zero-order valence-corrected chi connectivity index (χ0v) is 10.9. The van der Waals surface area contributed by atoms with Gasteiger partial charge in [-0.05, 0) is 0 Å². The average Bonchev–Trinajstić information content (AvgIpc) is 2.65. The molecule has 0 saturated heterocycles. The summed E-state index contributed by atoms with van der Waals surface area (Å²) in [4.78, 5) is 0. The first-order valence-electron chi connectivity index (χ1n) is 4.35. The normalized spacial score (nSPS) is 20.6. The second-order valence-electron chi connectivity index (χ2n) is 3.22. The first kappa shape index (κ1) is 8.43. The van der Waals surface area contributed by atoms with Crippen LogP contribution in [0.25, 0.3) is 0 Å². The summed E-state index contributed by atoms with van der Waals surface area (Å²) in [5.41, 5.74) is 1.56. The van der Waals surface area contributed by atoms with Gasteiger partial charge >= 0.3 is 85.3 Å². The molecule has 1 heteroatoms. The Morgan fingerprint density at radius 1 is 1.25 bits per heavy atom. The standard InChI is InChI=1S/C6H7.C5H5.Hf/c1-6-4-2-3-5-6;1-2-4-5-3-1;/h2,4H,3H2,1H3;1-3H,4H2;. The van der Waals surface area contributed by atoms with Gasteiger partial charge < -0.3 is 0 Å². The molecule has 0 aromatic carbocycles. The van der Waals surface area contributed by atoms with E-state index in [9.17, 15) is 0 Å². The van der Waals surface area contributed by atoms with Crippen molar-refractivity contribution in [3.05, 3.63) is 42.6 Å². The third kappa shape index (κ3) is 1.77. The molecule has 60 valence electrons. The van der Waals surface area contributed by atoms with Crippen LogP contribution in [0, 0.1) is 0 Å². The second kappa shape index (κ2) is 3.69. The van der Waals surface area contributed by atoms with E-state index in [4.69, 9.17) is 0 Å². The van der Waals surface area contributed by atoms with Crippen LogP contribution in [-0.2, 0) is 22.9 Å². The molecule has 0 N–H and O–H groups in total. The molecule has 0 fully saturated rings. The van der Waals surface area contributed by atoms with Crippen molar-refractivity contribution >= 4 is 0 Å². The summed E-state index contributed by atoms with van der Waals surface area (Å²) in [6, 6.07) is 0. The fourth-order valence-corrected chi connectivity index (χ4v) is 6.12. The van der Waals surface area contributed by atoms with Crippen molar-refractivity contribution in [3.63, 3.8) is 0 Å². The zero-order chi connectivity index (χ0) is 8.39. The van der Waals surface area contributed by atoms with Gasteiger partial charge in [-0.3, -0.25) is 0 Å². The molecule has 2 rings (SSSR count). The third-order valence-corrected chi connectivity index (χ3v) is 7.97. The Morgan fingerprint density at radius 3 is 2.75 bits per heavy atom. The van der Waals surface area contributed by atoms with E-state index in [1.54, 1.807) is 12.2 Å². The van der Waals surface area contributed by atoms with E-state index in [0.29, 0.717) is 0 Å². The Balaban J connectivity index is 2.01. The predicted octanol–water partition coefficient (Wildman–Crippen LogP) is 3.15. The Hall–Kier alpha value is -0.170. The molecule has 0 unspecified atom stereocenters. The fourth-order valence-electron chi connectivity index (χ4n) is 1.50. The Kier molecular flexibility index (Phi) is 2.60. The molecule has 0 radical (unpaired) electrons. The summed E-state index contributed by atoms with van der Waals surface area (Å²) < 4.78 is 3.55. The van der Waals surface area contributed by atoms with Crippen LogP contribution in [-0.4, -0.2) is 0 Å². The van der Waals surface area contributed by atoms with E-state index in [0.717, 1.165) is 0 Å². The molecule has 0 aromatic heterocycles. The van der Waals surface area contributed by atoms with E-state index >= 15 is 0 Å². The predicted molar refractivity (Wildman–Crippen MR) is 48.3 cm³/mol. The van der Waals surface area contributed by atoms with Crippen molar-refractivity contribution in [2.24, 2.45) is 0 Å². The van der Waals surface area contributed by atoms with Gasteiger partial charge in [-0.25, -0.2) is 0 Å². The first-order chi connectivity index (χ1) is 5.86. The summed E-state index contributed by atoms with van der Waals surface area (Å²) in [5.74, 6) is 0. The van der Waals surface area contributed by atoms with Gasteiger partial charge in [0.1, 0.15) is 0 Å². The van der Waals surface area contributed by atoms with Crippen LogP contribution in [0.4, 0.5) is 0 Å². The SMILES string of the molecule is CC1=[C]([Hf][C]2=CC=CC2)CC=C1. The van der Waals surface area contributed by atoms with Crippen LogP contribution in [0.1, 0.15) is 19.8 Å². The van der Waals surface area contributed by atoms with Gasteiger partial charge in [0.05, 0.1) is 0 Å². The van der Waals surface area contributed by atoms with Crippen molar-refractivity contribution in [3.8, 4) is 0 Å². The second-order valence-corrected chi connectivity index (χ2v) is 8.59. The Bertz CT molecular complexity index is 303. The third-order valence-electron chi connectivity index (χ3n) is 2.25. The minimum absolute atomic E-state index is 0.569. The average molecular weight is 323 g/mol. The summed E-state index contributed by atoms with van der Waals surface area (Å²) in [7, 11) is 0. The van der Waals surface area contributed by atoms with Gasteiger partial charge in [0, 0.05) is 0 Å². The summed E-state index contributed by atoms with van der Waals surface area (Å²) in [5, 5.41) is 0. The van der Waals surface area contributed by atoms with Crippen LogP contribution < -0.4 is 0 Å². The molecular weight excluding hydrogens is 311 g/mol. The zero-order valence-electron chi connectivity index (χ0n) is 7.30. The van der Waals surface area contributed by atoms with E-state index < -0.39 is 22.9 Å². The van der Waals surface area contributed by atoms with Crippen molar-refractivity contribution in [2.75, 3.05) is 0 Å². The van der Waals surface area contributed by atoms with E-state index in [-0.39, 0.29) is 0 Å². The molecule has 0 amide bonds. The quantitative estimate of drug-likeness (QED) is 0.685. The molecular formula is C11H12Hf. The summed E-state index contributed by atoms with van der Waals surface area (Å²) in [6.07, 6.45) is 13.9. The number of hydrogen-bond donors (Lipinski definition) is 0. The van der Waals surface area contributed by atoms with Crippen LogP contribution in [0.2, 0.25) is 0 Å². The molecule has 0 saturated carbocycles. The topological polar surface area (TPSA) is 0 Å². The molecule has 2 aliphatic carbocycles. The van der Waals surface area contributed by atoms with Gasteiger partial charge in [0.2, 0.25) is 0 Å². The van der Waals surface area contributed by atoms with Crippen LogP contribution in [0.15, 0.2) is 42.6 Å². The van der Waals surface area contributed by atoms with Crippen LogP contribution in [0.5, 0.6) is 0 Å². The Morgan fingerprint density at radius 2 is 2.17 bits per heavy atom. The first-order valence-corrected chi connectivity index (χ1v) is 7.94. The minimum atomic E-state index is -0.569. The van der Waals surface area contributed by atoms with Gasteiger partial charge in [-0.2, -0.15) is 0 Å². The molecule has 0 aromatic rings. The molecule has 0 nitrogen and oxygen atoms in total. The monoisotopic (exact) mass is 324 g/mol. The van der Waals surface area contributed by atoms with E-state index in [1.165, 1.54) is 12.8 Å². The maximum absolute atomic E-state index is 2.34. The maximum atomic E-state index is 2.34. The molecule has 12 heavy (non-hydrogen) atoms. The number of allylic oxidation sites excluding steroid dienone is 8. The number of hydrogen-bond acceptors (Lipinski definition) is 0. The number of rotatable bonds is 2. The van der Waals surface area contributed by atoms with Gasteiger partial charge in [-0.1, -0.05) is 0 Å². The summed E-state index contributed by atoms with van der Waals surface area (Å²) in [6.45, 7) is 2.26.